The summed E-state index contributed by atoms with van der Waals surface area (Å²) in [5, 5.41) is 25.6. The number of nitrogens with one attached hydrogen (secondary N) is 1. The molecule has 2 heterocycles. The Labute approximate surface area is 219 Å². The first-order valence-electron chi connectivity index (χ1n) is 10.8. The molecule has 188 valence electrons. The van der Waals surface area contributed by atoms with Crippen molar-refractivity contribution in [3.05, 3.63) is 111 Å². The molecule has 2 aromatic carbocycles. The molecular formula is C25H20N4O6S2. The topological polar surface area (TPSA) is 141 Å². The zero-order valence-electron chi connectivity index (χ0n) is 19.6. The molecule has 0 fully saturated rings. The van der Waals surface area contributed by atoms with Gasteiger partial charge in [-0.15, -0.1) is 0 Å². The normalized spacial score (nSPS) is 11.2. The molecule has 0 atom stereocenters. The maximum atomic E-state index is 13.6. The van der Waals surface area contributed by atoms with Crippen molar-refractivity contribution < 1.29 is 19.1 Å². The van der Waals surface area contributed by atoms with Crippen LogP contribution in [-0.4, -0.2) is 20.7 Å². The number of hydrogen-bond donors (Lipinski definition) is 1. The predicted octanol–water partition coefficient (Wildman–Crippen LogP) is 6.46. The Bertz CT molecular complexity index is 1400. The molecule has 2 aromatic heterocycles. The van der Waals surface area contributed by atoms with E-state index < -0.39 is 21.3 Å². The molecule has 0 unspecified atom stereocenters. The molecule has 1 amide bonds. The van der Waals surface area contributed by atoms with Gasteiger partial charge in [-0.2, -0.15) is 0 Å². The number of nitrogens with zero attached hydrogens (tertiary/aromatic N) is 3. The average molecular weight is 537 g/mol. The van der Waals surface area contributed by atoms with Crippen LogP contribution in [-0.2, 0) is 5.54 Å². The first-order chi connectivity index (χ1) is 17.6. The molecule has 0 aliphatic heterocycles. The molecule has 37 heavy (non-hydrogen) atoms. The average Bonchev–Trinajstić information content (AvgIpc) is 3.26. The van der Waals surface area contributed by atoms with Gasteiger partial charge in [-0.3, -0.25) is 30.0 Å². The molecule has 10 nitrogen and oxygen atoms in total. The summed E-state index contributed by atoms with van der Waals surface area (Å²) in [4.78, 5) is 40.9. The molecular weight excluding hydrogens is 516 g/mol. The Morgan fingerprint density at radius 2 is 1.54 bits per heavy atom. The Morgan fingerprint density at radius 1 is 0.919 bits per heavy atom. The van der Waals surface area contributed by atoms with Gasteiger partial charge < -0.3 is 9.73 Å². The highest BCUT2D eigenvalue weighted by atomic mass is 32.2. The lowest BCUT2D eigenvalue weighted by molar-refractivity contribution is -0.385. The molecule has 0 spiro atoms. The fourth-order valence-corrected chi connectivity index (χ4v) is 5.35. The van der Waals surface area contributed by atoms with E-state index in [4.69, 9.17) is 4.42 Å². The van der Waals surface area contributed by atoms with Crippen molar-refractivity contribution in [2.75, 3.05) is 0 Å². The standard InChI is InChI=1S/C25H20N4O6S2/c1-25(2,21-11-3-4-12-26-21)27-23(30)22-20(36-18-9-5-7-16(13-18)28(31)32)15-35-24(22)37-19-10-6-8-17(14-19)29(33)34/h3-15H,1-2H3,(H,27,30). The number of nitro groups is 2. The molecule has 4 aromatic rings. The summed E-state index contributed by atoms with van der Waals surface area (Å²) < 4.78 is 5.75. The van der Waals surface area contributed by atoms with Gasteiger partial charge in [0.1, 0.15) is 11.8 Å². The summed E-state index contributed by atoms with van der Waals surface area (Å²) in [5.41, 5.74) is -0.159. The smallest absolute Gasteiger partial charge is 0.270 e. The van der Waals surface area contributed by atoms with Crippen LogP contribution in [0.15, 0.2) is 103 Å². The minimum atomic E-state index is -0.837. The third kappa shape index (κ3) is 6.16. The van der Waals surface area contributed by atoms with Crippen molar-refractivity contribution in [2.45, 2.75) is 39.2 Å². The number of nitro benzene ring substituents is 2. The van der Waals surface area contributed by atoms with E-state index in [9.17, 15) is 25.0 Å². The van der Waals surface area contributed by atoms with E-state index >= 15 is 0 Å². The fourth-order valence-electron chi connectivity index (χ4n) is 3.38. The lowest BCUT2D eigenvalue weighted by Gasteiger charge is -2.25. The number of rotatable bonds is 9. The number of amides is 1. The van der Waals surface area contributed by atoms with Crippen molar-refractivity contribution in [3.8, 4) is 0 Å². The van der Waals surface area contributed by atoms with Crippen molar-refractivity contribution in [1.29, 1.82) is 0 Å². The van der Waals surface area contributed by atoms with Gasteiger partial charge in [0.05, 0.1) is 26.0 Å². The van der Waals surface area contributed by atoms with Gasteiger partial charge in [-0.05, 0) is 38.1 Å². The van der Waals surface area contributed by atoms with Crippen molar-refractivity contribution in [3.63, 3.8) is 0 Å². The molecule has 0 aliphatic carbocycles. The maximum absolute atomic E-state index is 13.6. The zero-order valence-corrected chi connectivity index (χ0v) is 21.2. The van der Waals surface area contributed by atoms with Crippen LogP contribution in [0.25, 0.3) is 0 Å². The van der Waals surface area contributed by atoms with E-state index in [-0.39, 0.29) is 22.0 Å². The lowest BCUT2D eigenvalue weighted by atomic mass is 9.99. The van der Waals surface area contributed by atoms with Crippen LogP contribution in [0.5, 0.6) is 0 Å². The highest BCUT2D eigenvalue weighted by Crippen LogP contribution is 2.41. The van der Waals surface area contributed by atoms with Crippen LogP contribution >= 0.6 is 23.5 Å². The minimum Gasteiger partial charge on any atom is -0.456 e. The number of furan rings is 1. The number of carbonyl (C=O) groups excluding carboxylic acids is 1. The largest absolute Gasteiger partial charge is 0.456 e. The van der Waals surface area contributed by atoms with Gasteiger partial charge in [0.15, 0.2) is 5.09 Å². The Kier molecular flexibility index (Phi) is 7.60. The molecule has 0 bridgehead atoms. The lowest BCUT2D eigenvalue weighted by Crippen LogP contribution is -2.41. The Balaban J connectivity index is 1.71. The SMILES string of the molecule is CC(C)(NC(=O)c1c(Sc2cccc([N+](=O)[O-])c2)coc1Sc1cccc([N+](=O)[O-])c1)c1ccccn1. The maximum Gasteiger partial charge on any atom is 0.270 e. The van der Waals surface area contributed by atoms with Crippen molar-refractivity contribution in [2.24, 2.45) is 0 Å². The summed E-state index contributed by atoms with van der Waals surface area (Å²) in [6.07, 6.45) is 3.03. The number of pyridine rings is 1. The summed E-state index contributed by atoms with van der Waals surface area (Å²) in [6.45, 7) is 3.63. The van der Waals surface area contributed by atoms with Gasteiger partial charge in [0, 0.05) is 40.3 Å². The molecule has 0 radical (unpaired) electrons. The third-order valence-corrected chi connectivity index (χ3v) is 7.16. The minimum absolute atomic E-state index is 0.0815. The summed E-state index contributed by atoms with van der Waals surface area (Å²) in [7, 11) is 0. The Hall–Kier alpha value is -4.16. The van der Waals surface area contributed by atoms with Gasteiger partial charge >= 0.3 is 0 Å². The van der Waals surface area contributed by atoms with E-state index in [0.29, 0.717) is 20.4 Å². The first kappa shape index (κ1) is 25.9. The van der Waals surface area contributed by atoms with Crippen LogP contribution < -0.4 is 5.32 Å². The summed E-state index contributed by atoms with van der Waals surface area (Å²) >= 11 is 2.21. The van der Waals surface area contributed by atoms with Crippen LogP contribution in [0.4, 0.5) is 11.4 Å². The van der Waals surface area contributed by atoms with Gasteiger partial charge in [-0.1, -0.05) is 41.7 Å². The third-order valence-electron chi connectivity index (χ3n) is 5.18. The van der Waals surface area contributed by atoms with E-state index in [1.54, 1.807) is 42.6 Å². The summed E-state index contributed by atoms with van der Waals surface area (Å²) in [5.74, 6) is -0.453. The highest BCUT2D eigenvalue weighted by molar-refractivity contribution is 8.00. The summed E-state index contributed by atoms with van der Waals surface area (Å²) in [6, 6.07) is 17.4. The van der Waals surface area contributed by atoms with E-state index in [0.717, 1.165) is 23.5 Å². The monoisotopic (exact) mass is 536 g/mol. The number of hydrogen-bond acceptors (Lipinski definition) is 9. The van der Waals surface area contributed by atoms with Gasteiger partial charge in [-0.25, -0.2) is 0 Å². The highest BCUT2D eigenvalue weighted by Gasteiger charge is 2.30. The van der Waals surface area contributed by atoms with Gasteiger partial charge in [0.2, 0.25) is 0 Å². The van der Waals surface area contributed by atoms with Crippen molar-refractivity contribution in [1.82, 2.24) is 10.3 Å². The van der Waals surface area contributed by atoms with E-state index in [1.165, 1.54) is 30.5 Å². The Morgan fingerprint density at radius 3 is 2.11 bits per heavy atom. The zero-order chi connectivity index (χ0) is 26.6. The molecule has 0 aliphatic rings. The number of carbonyl (C=O) groups is 1. The first-order valence-corrected chi connectivity index (χ1v) is 12.5. The van der Waals surface area contributed by atoms with Crippen LogP contribution in [0, 0.1) is 20.2 Å². The quantitative estimate of drug-likeness (QED) is 0.188. The second kappa shape index (κ2) is 10.8. The molecule has 4 rings (SSSR count). The molecule has 1 N–H and O–H groups in total. The van der Waals surface area contributed by atoms with Gasteiger partial charge in [0.25, 0.3) is 17.3 Å². The number of aromatic nitrogens is 1. The second-order valence-corrected chi connectivity index (χ2v) is 10.4. The van der Waals surface area contributed by atoms with Crippen LogP contribution in [0.1, 0.15) is 29.9 Å². The molecule has 0 saturated carbocycles. The molecule has 0 saturated heterocycles. The van der Waals surface area contributed by atoms with Crippen LogP contribution in [0.2, 0.25) is 0 Å². The van der Waals surface area contributed by atoms with E-state index in [1.807, 2.05) is 19.9 Å². The molecule has 12 heteroatoms. The van der Waals surface area contributed by atoms with Crippen LogP contribution in [0.3, 0.4) is 0 Å². The number of non-ortho nitro benzene ring substituents is 2. The second-order valence-electron chi connectivity index (χ2n) is 8.27. The number of benzene rings is 2. The predicted molar refractivity (Wildman–Crippen MR) is 138 cm³/mol. The van der Waals surface area contributed by atoms with E-state index in [2.05, 4.69) is 10.3 Å². The van der Waals surface area contributed by atoms with Crippen molar-refractivity contribution >= 4 is 40.8 Å². The fraction of sp³-hybridized carbons (Fsp3) is 0.120.